The van der Waals surface area contributed by atoms with E-state index in [9.17, 15) is 4.79 Å². The number of rotatable bonds is 4. The fourth-order valence-corrected chi connectivity index (χ4v) is 3.35. The number of hydrogen-bond acceptors (Lipinski definition) is 5. The summed E-state index contributed by atoms with van der Waals surface area (Å²) in [6, 6.07) is 3.88. The summed E-state index contributed by atoms with van der Waals surface area (Å²) in [6.07, 6.45) is 12.5. The van der Waals surface area contributed by atoms with E-state index in [2.05, 4.69) is 43.7 Å². The van der Waals surface area contributed by atoms with Crippen LogP contribution in [0.25, 0.3) is 0 Å². The quantitative estimate of drug-likeness (QED) is 0.293. The van der Waals surface area contributed by atoms with Gasteiger partial charge < -0.3 is 20.3 Å². The summed E-state index contributed by atoms with van der Waals surface area (Å²) in [5.41, 5.74) is 3.39. The number of pyridine rings is 1. The van der Waals surface area contributed by atoms with Crippen LogP contribution in [-0.4, -0.2) is 40.9 Å². The Morgan fingerprint density at radius 2 is 1.79 bits per heavy atom. The number of aliphatic hydroxyl groups is 2. The number of nitrogens with zero attached hydrogens (tertiary/aromatic N) is 1. The first-order chi connectivity index (χ1) is 15.8. The van der Waals surface area contributed by atoms with E-state index in [-0.39, 0.29) is 5.91 Å². The van der Waals surface area contributed by atoms with Crippen molar-refractivity contribution in [2.75, 3.05) is 13.7 Å². The van der Waals surface area contributed by atoms with Gasteiger partial charge in [0.2, 0.25) is 5.91 Å². The van der Waals surface area contributed by atoms with Gasteiger partial charge in [-0.3, -0.25) is 9.78 Å². The molecule has 3 rings (SSSR count). The summed E-state index contributed by atoms with van der Waals surface area (Å²) < 4.78 is 5.38. The molecule has 1 aromatic heterocycles. The number of nitrogens with one attached hydrogen (secondary N) is 1. The lowest BCUT2D eigenvalue weighted by Crippen LogP contribution is -2.23. The lowest BCUT2D eigenvalue weighted by molar-refractivity contribution is -0.119. The average molecular weight is 465 g/mol. The molecule has 1 aliphatic carbocycles. The highest BCUT2D eigenvalue weighted by Gasteiger charge is 2.38. The summed E-state index contributed by atoms with van der Waals surface area (Å²) in [5.74, 6) is 1.88. The van der Waals surface area contributed by atoms with E-state index in [1.165, 1.54) is 44.6 Å². The molecule has 0 bridgehead atoms. The Morgan fingerprint density at radius 3 is 2.18 bits per heavy atom. The van der Waals surface area contributed by atoms with E-state index in [0.29, 0.717) is 12.6 Å². The second-order valence-corrected chi connectivity index (χ2v) is 8.27. The molecule has 1 amide bonds. The smallest absolute Gasteiger partial charge is 0.217 e. The molecule has 1 saturated heterocycles. The van der Waals surface area contributed by atoms with Crippen LogP contribution < -0.4 is 5.32 Å². The molecule has 33 heavy (non-hydrogen) atoms. The minimum atomic E-state index is -0.0302. The lowest BCUT2D eigenvalue weighted by atomic mass is 9.76. The Labute approximate surface area is 202 Å². The number of epoxide rings is 1. The number of hydrogen-bond donors (Lipinski definition) is 3. The van der Waals surface area contributed by atoms with Gasteiger partial charge in [0.25, 0.3) is 0 Å². The first kappa shape index (κ1) is 33.0. The molecule has 1 saturated carbocycles. The molecule has 2 fully saturated rings. The first-order valence-electron chi connectivity index (χ1n) is 11.9. The molecule has 0 radical (unpaired) electrons. The number of ether oxygens (including phenoxy) is 1. The van der Waals surface area contributed by atoms with Crippen LogP contribution in [0.5, 0.6) is 0 Å². The van der Waals surface area contributed by atoms with E-state index >= 15 is 0 Å². The summed E-state index contributed by atoms with van der Waals surface area (Å²) in [6.45, 7) is 16.5. The summed E-state index contributed by atoms with van der Waals surface area (Å²) in [7, 11) is 1.00. The number of allylic oxidation sites excluding steroid dienone is 2. The van der Waals surface area contributed by atoms with Crippen LogP contribution in [-0.2, 0) is 16.1 Å². The maximum absolute atomic E-state index is 10.5. The zero-order valence-corrected chi connectivity index (χ0v) is 21.9. The number of carbonyl (C=O) groups is 1. The van der Waals surface area contributed by atoms with Gasteiger partial charge in [-0.1, -0.05) is 56.9 Å². The van der Waals surface area contributed by atoms with Gasteiger partial charge in [0.05, 0.1) is 31.2 Å². The third-order valence-electron chi connectivity index (χ3n) is 5.40. The van der Waals surface area contributed by atoms with E-state index < -0.39 is 0 Å². The monoisotopic (exact) mass is 464 g/mol. The minimum Gasteiger partial charge on any atom is -0.516 e. The summed E-state index contributed by atoms with van der Waals surface area (Å²) >= 11 is 0. The second-order valence-electron chi connectivity index (χ2n) is 8.27. The SMILES string of the molecule is C=CO.CC(=O)NCc1ccc(C)cn1.CC=C(C)C.CCC1CCCCC1C1CO1.CO. The molecule has 190 valence electrons. The Balaban J connectivity index is 0. The molecule has 3 unspecified atom stereocenters. The van der Waals surface area contributed by atoms with Crippen molar-refractivity contribution in [3.8, 4) is 0 Å². The highest BCUT2D eigenvalue weighted by atomic mass is 16.6. The van der Waals surface area contributed by atoms with Crippen LogP contribution in [0.4, 0.5) is 0 Å². The summed E-state index contributed by atoms with van der Waals surface area (Å²) in [5, 5.41) is 17.0. The maximum atomic E-state index is 10.5. The van der Waals surface area contributed by atoms with Gasteiger partial charge in [-0.25, -0.2) is 0 Å². The first-order valence-corrected chi connectivity index (χ1v) is 11.9. The predicted octanol–water partition coefficient (Wildman–Crippen LogP) is 5.90. The fraction of sp³-hybridized carbons (Fsp3) is 0.630. The molecule has 3 atom stereocenters. The third-order valence-corrected chi connectivity index (χ3v) is 5.40. The van der Waals surface area contributed by atoms with Crippen molar-refractivity contribution < 1.29 is 19.7 Å². The van der Waals surface area contributed by atoms with Gasteiger partial charge in [-0.05, 0) is 57.6 Å². The van der Waals surface area contributed by atoms with Crippen molar-refractivity contribution in [2.45, 2.75) is 86.3 Å². The van der Waals surface area contributed by atoms with Gasteiger partial charge in [0.15, 0.2) is 0 Å². The van der Waals surface area contributed by atoms with E-state index in [1.807, 2.05) is 26.0 Å². The lowest BCUT2D eigenvalue weighted by Gasteiger charge is -2.29. The van der Waals surface area contributed by atoms with Gasteiger partial charge in [0, 0.05) is 20.2 Å². The zero-order valence-electron chi connectivity index (χ0n) is 21.9. The van der Waals surface area contributed by atoms with Crippen LogP contribution >= 0.6 is 0 Å². The molecule has 6 nitrogen and oxygen atoms in total. The van der Waals surface area contributed by atoms with Crippen LogP contribution in [0.3, 0.4) is 0 Å². The maximum Gasteiger partial charge on any atom is 0.217 e. The molecular weight excluding hydrogens is 416 g/mol. The number of aliphatic hydroxyl groups excluding tert-OH is 2. The largest absolute Gasteiger partial charge is 0.516 e. The van der Waals surface area contributed by atoms with Crippen molar-refractivity contribution in [1.82, 2.24) is 10.3 Å². The highest BCUT2D eigenvalue weighted by molar-refractivity contribution is 5.72. The van der Waals surface area contributed by atoms with Crippen LogP contribution in [0.2, 0.25) is 0 Å². The van der Waals surface area contributed by atoms with Crippen molar-refractivity contribution in [3.05, 3.63) is 54.1 Å². The molecule has 1 aliphatic heterocycles. The Hall–Kier alpha value is -2.18. The predicted molar refractivity (Wildman–Crippen MR) is 138 cm³/mol. The van der Waals surface area contributed by atoms with Gasteiger partial charge in [-0.2, -0.15) is 0 Å². The van der Waals surface area contributed by atoms with Gasteiger partial charge in [0.1, 0.15) is 0 Å². The van der Waals surface area contributed by atoms with Crippen LogP contribution in [0.1, 0.15) is 78.0 Å². The van der Waals surface area contributed by atoms with Crippen LogP contribution in [0, 0.1) is 18.8 Å². The third kappa shape index (κ3) is 19.0. The normalized spacial score (nSPS) is 19.7. The summed E-state index contributed by atoms with van der Waals surface area (Å²) in [4.78, 5) is 14.7. The molecule has 0 spiro atoms. The number of aromatic nitrogens is 1. The van der Waals surface area contributed by atoms with E-state index in [1.54, 1.807) is 6.20 Å². The highest BCUT2D eigenvalue weighted by Crippen LogP contribution is 2.39. The fourth-order valence-electron chi connectivity index (χ4n) is 3.35. The van der Waals surface area contributed by atoms with Crippen molar-refractivity contribution in [3.63, 3.8) is 0 Å². The minimum absolute atomic E-state index is 0.0302. The number of amides is 1. The van der Waals surface area contributed by atoms with Gasteiger partial charge >= 0.3 is 0 Å². The number of carbonyl (C=O) groups excluding carboxylic acids is 1. The van der Waals surface area contributed by atoms with Crippen molar-refractivity contribution in [2.24, 2.45) is 11.8 Å². The standard InChI is InChI=1S/C10H18O.C9H12N2O.C5H10.C2H4O.CH4O/c1-2-8-5-3-4-6-9(8)10-7-11-10;1-7-3-4-9(11-5-7)6-10-8(2)12;1-4-5(2)3;1-2-3;1-2/h8-10H,2-7H2,1H3;3-5H,6H2,1-2H3,(H,10,12);4H,1-3H3;2-3H,1H2;2H,1H3. The molecule has 2 heterocycles. The van der Waals surface area contributed by atoms with E-state index in [0.717, 1.165) is 43.1 Å². The van der Waals surface area contributed by atoms with E-state index in [4.69, 9.17) is 14.9 Å². The Kier molecular flexibility index (Phi) is 21.7. The zero-order chi connectivity index (χ0) is 25.6. The second kappa shape index (κ2) is 21.7. The number of aryl methyl sites for hydroxylation is 1. The molecular formula is C27H48N2O4. The average Bonchev–Trinajstić information content (AvgIpc) is 3.67. The Bertz CT molecular complexity index is 636. The van der Waals surface area contributed by atoms with Crippen LogP contribution in [0.15, 0.2) is 42.8 Å². The van der Waals surface area contributed by atoms with Crippen molar-refractivity contribution in [1.29, 1.82) is 0 Å². The Morgan fingerprint density at radius 1 is 1.24 bits per heavy atom. The van der Waals surface area contributed by atoms with Crippen molar-refractivity contribution >= 4 is 5.91 Å². The van der Waals surface area contributed by atoms with Gasteiger partial charge in [-0.15, -0.1) is 0 Å². The molecule has 2 aliphatic rings. The molecule has 1 aromatic rings. The molecule has 6 heteroatoms. The molecule has 3 N–H and O–H groups in total. The molecule has 0 aromatic carbocycles. The topological polar surface area (TPSA) is 95.0 Å².